The molecule has 2 aromatic carbocycles. The standard InChI is InChI=1S/C27H31NO3/c1-19(2)24-16-10-20(3)18-26(24)31-27(29)25(17-11-21-8-6-5-7-9-21)28-22-12-14-23(30-4)15-13-22/h5-9,12-15,19-20,24,26H,10,16,18H2,1-4H3/t20-,24+,26-/m1/s1. The Bertz CT molecular complexity index is 951. The van der Waals surface area contributed by atoms with Gasteiger partial charge < -0.3 is 9.47 Å². The van der Waals surface area contributed by atoms with Crippen molar-refractivity contribution in [3.8, 4) is 17.6 Å². The van der Waals surface area contributed by atoms with Crippen molar-refractivity contribution in [2.75, 3.05) is 7.11 Å². The quantitative estimate of drug-likeness (QED) is 0.350. The zero-order chi connectivity index (χ0) is 22.2. The van der Waals surface area contributed by atoms with Gasteiger partial charge in [0.1, 0.15) is 11.9 Å². The molecule has 0 amide bonds. The van der Waals surface area contributed by atoms with Crippen LogP contribution in [0.2, 0.25) is 0 Å². The number of carbonyl (C=O) groups is 1. The Kier molecular flexibility index (Phi) is 7.89. The van der Waals surface area contributed by atoms with E-state index < -0.39 is 5.97 Å². The summed E-state index contributed by atoms with van der Waals surface area (Å²) < 4.78 is 11.2. The van der Waals surface area contributed by atoms with Gasteiger partial charge in [-0.25, -0.2) is 9.79 Å². The number of nitrogens with zero attached hydrogens (tertiary/aromatic N) is 1. The molecule has 2 aromatic rings. The van der Waals surface area contributed by atoms with Crippen LogP contribution in [-0.4, -0.2) is 24.9 Å². The number of carbonyl (C=O) groups excluding carboxylic acids is 1. The lowest BCUT2D eigenvalue weighted by Gasteiger charge is -2.36. The van der Waals surface area contributed by atoms with Crippen LogP contribution in [0.1, 0.15) is 45.6 Å². The maximum atomic E-state index is 13.2. The SMILES string of the molecule is COc1ccc(N=C(C#Cc2ccccc2)C(=O)O[C@@H]2C[C@H](C)CC[C@H]2C(C)C)cc1. The highest BCUT2D eigenvalue weighted by Gasteiger charge is 2.34. The number of aliphatic imine (C=N–C) groups is 1. The second-order valence-electron chi connectivity index (χ2n) is 8.54. The molecule has 0 saturated heterocycles. The first-order valence-corrected chi connectivity index (χ1v) is 11.0. The summed E-state index contributed by atoms with van der Waals surface area (Å²) in [7, 11) is 1.61. The molecule has 1 aliphatic carbocycles. The van der Waals surface area contributed by atoms with Gasteiger partial charge in [-0.15, -0.1) is 0 Å². The van der Waals surface area contributed by atoms with E-state index in [0.717, 1.165) is 24.2 Å². The highest BCUT2D eigenvalue weighted by Crippen LogP contribution is 2.35. The van der Waals surface area contributed by atoms with Gasteiger partial charge in [-0.05, 0) is 72.9 Å². The van der Waals surface area contributed by atoms with Crippen LogP contribution in [0, 0.1) is 29.6 Å². The fourth-order valence-electron chi connectivity index (χ4n) is 4.01. The molecule has 162 valence electrons. The first kappa shape index (κ1) is 22.6. The molecule has 1 saturated carbocycles. The van der Waals surface area contributed by atoms with E-state index in [1.165, 1.54) is 6.42 Å². The molecule has 0 N–H and O–H groups in total. The lowest BCUT2D eigenvalue weighted by atomic mass is 9.75. The first-order valence-electron chi connectivity index (χ1n) is 11.0. The molecule has 31 heavy (non-hydrogen) atoms. The minimum atomic E-state index is -0.455. The maximum Gasteiger partial charge on any atom is 0.366 e. The van der Waals surface area contributed by atoms with Crippen molar-refractivity contribution in [1.29, 1.82) is 0 Å². The van der Waals surface area contributed by atoms with Gasteiger partial charge in [0.05, 0.1) is 12.8 Å². The molecule has 0 bridgehead atoms. The van der Waals surface area contributed by atoms with Crippen LogP contribution < -0.4 is 4.74 Å². The number of benzene rings is 2. The Morgan fingerprint density at radius 2 is 1.77 bits per heavy atom. The minimum Gasteiger partial charge on any atom is -0.497 e. The van der Waals surface area contributed by atoms with Crippen LogP contribution in [0.5, 0.6) is 5.75 Å². The zero-order valence-electron chi connectivity index (χ0n) is 18.8. The Labute approximate surface area is 185 Å². The van der Waals surface area contributed by atoms with Crippen molar-refractivity contribution >= 4 is 17.4 Å². The topological polar surface area (TPSA) is 47.9 Å². The van der Waals surface area contributed by atoms with Gasteiger partial charge in [0.2, 0.25) is 0 Å². The van der Waals surface area contributed by atoms with E-state index in [-0.39, 0.29) is 11.8 Å². The minimum absolute atomic E-state index is 0.101. The molecule has 0 radical (unpaired) electrons. The number of methoxy groups -OCH3 is 1. The Morgan fingerprint density at radius 3 is 2.42 bits per heavy atom. The predicted octanol–water partition coefficient (Wildman–Crippen LogP) is 5.82. The van der Waals surface area contributed by atoms with Gasteiger partial charge in [0, 0.05) is 5.56 Å². The lowest BCUT2D eigenvalue weighted by molar-refractivity contribution is -0.147. The molecule has 0 aromatic heterocycles. The molecule has 0 heterocycles. The van der Waals surface area contributed by atoms with Crippen LogP contribution in [-0.2, 0) is 9.53 Å². The van der Waals surface area contributed by atoms with E-state index in [1.54, 1.807) is 19.2 Å². The Morgan fingerprint density at radius 1 is 1.06 bits per heavy atom. The summed E-state index contributed by atoms with van der Waals surface area (Å²) in [6, 6.07) is 16.8. The van der Waals surface area contributed by atoms with Crippen LogP contribution in [0.3, 0.4) is 0 Å². The third kappa shape index (κ3) is 6.46. The normalized spacial score (nSPS) is 21.2. The largest absolute Gasteiger partial charge is 0.497 e. The van der Waals surface area contributed by atoms with E-state index in [4.69, 9.17) is 9.47 Å². The molecule has 0 aliphatic heterocycles. The van der Waals surface area contributed by atoms with Gasteiger partial charge in [-0.2, -0.15) is 0 Å². The summed E-state index contributed by atoms with van der Waals surface area (Å²) in [6.07, 6.45) is 3.04. The average molecular weight is 418 g/mol. The highest BCUT2D eigenvalue weighted by atomic mass is 16.5. The molecule has 4 nitrogen and oxygen atoms in total. The smallest absolute Gasteiger partial charge is 0.366 e. The van der Waals surface area contributed by atoms with E-state index in [2.05, 4.69) is 37.6 Å². The van der Waals surface area contributed by atoms with Crippen molar-refractivity contribution in [2.45, 2.75) is 46.1 Å². The van der Waals surface area contributed by atoms with Crippen molar-refractivity contribution in [3.63, 3.8) is 0 Å². The average Bonchev–Trinajstić information content (AvgIpc) is 2.77. The fourth-order valence-corrected chi connectivity index (χ4v) is 4.01. The number of hydrogen-bond donors (Lipinski definition) is 0. The summed E-state index contributed by atoms with van der Waals surface area (Å²) >= 11 is 0. The molecule has 3 atom stereocenters. The van der Waals surface area contributed by atoms with Crippen molar-refractivity contribution in [3.05, 3.63) is 60.2 Å². The second kappa shape index (κ2) is 10.8. The summed E-state index contributed by atoms with van der Waals surface area (Å²) in [5.74, 6) is 7.64. The molecule has 1 aliphatic rings. The lowest BCUT2D eigenvalue weighted by Crippen LogP contribution is -2.37. The van der Waals surface area contributed by atoms with E-state index >= 15 is 0 Å². The van der Waals surface area contributed by atoms with Crippen molar-refractivity contribution in [1.82, 2.24) is 0 Å². The van der Waals surface area contributed by atoms with Crippen LogP contribution in [0.4, 0.5) is 5.69 Å². The number of ether oxygens (including phenoxy) is 2. The van der Waals surface area contributed by atoms with Gasteiger partial charge in [-0.1, -0.05) is 51.3 Å². The molecular weight excluding hydrogens is 386 g/mol. The van der Waals surface area contributed by atoms with Gasteiger partial charge in [0.15, 0.2) is 5.71 Å². The summed E-state index contributed by atoms with van der Waals surface area (Å²) in [4.78, 5) is 17.7. The molecular formula is C27H31NO3. The van der Waals surface area contributed by atoms with Crippen molar-refractivity contribution in [2.24, 2.45) is 22.7 Å². The van der Waals surface area contributed by atoms with E-state index in [1.807, 2.05) is 42.5 Å². The summed E-state index contributed by atoms with van der Waals surface area (Å²) in [5, 5.41) is 0. The summed E-state index contributed by atoms with van der Waals surface area (Å²) in [6.45, 7) is 6.62. The van der Waals surface area contributed by atoms with E-state index in [9.17, 15) is 4.79 Å². The molecule has 3 rings (SSSR count). The molecule has 0 spiro atoms. The maximum absolute atomic E-state index is 13.2. The van der Waals surface area contributed by atoms with Crippen LogP contribution in [0.25, 0.3) is 0 Å². The van der Waals surface area contributed by atoms with Gasteiger partial charge in [0.25, 0.3) is 0 Å². The zero-order valence-corrected chi connectivity index (χ0v) is 18.8. The second-order valence-corrected chi connectivity index (χ2v) is 8.54. The first-order chi connectivity index (χ1) is 15.0. The van der Waals surface area contributed by atoms with Crippen LogP contribution >= 0.6 is 0 Å². The van der Waals surface area contributed by atoms with Crippen molar-refractivity contribution < 1.29 is 14.3 Å². The fraction of sp³-hybridized carbons (Fsp3) is 0.407. The Hall–Kier alpha value is -3.06. The molecule has 0 unspecified atom stereocenters. The molecule has 1 fully saturated rings. The summed E-state index contributed by atoms with van der Waals surface area (Å²) in [5.41, 5.74) is 1.58. The highest BCUT2D eigenvalue weighted by molar-refractivity contribution is 6.44. The van der Waals surface area contributed by atoms with E-state index in [0.29, 0.717) is 23.4 Å². The predicted molar refractivity (Wildman–Crippen MR) is 125 cm³/mol. The monoisotopic (exact) mass is 417 g/mol. The van der Waals surface area contributed by atoms with Crippen LogP contribution in [0.15, 0.2) is 59.6 Å². The number of rotatable bonds is 5. The van der Waals surface area contributed by atoms with Gasteiger partial charge >= 0.3 is 5.97 Å². The molecule has 4 heteroatoms. The Balaban J connectivity index is 1.88. The number of hydrogen-bond acceptors (Lipinski definition) is 4. The van der Waals surface area contributed by atoms with Gasteiger partial charge in [-0.3, -0.25) is 0 Å². The third-order valence-electron chi connectivity index (χ3n) is 5.83. The number of esters is 1. The third-order valence-corrected chi connectivity index (χ3v) is 5.83.